The molecule has 0 saturated heterocycles. The first kappa shape index (κ1) is 11.8. The summed E-state index contributed by atoms with van der Waals surface area (Å²) >= 11 is 0. The van der Waals surface area contributed by atoms with Crippen LogP contribution in [0, 0.1) is 0 Å². The van der Waals surface area contributed by atoms with Gasteiger partial charge in [0.1, 0.15) is 0 Å². The standard InChI is InChI=1S/C13H17N3O/c1-3-9-16-13(7-8-14-16)12-6-4-5-11(15-12)10(2)17/h4-8,10,17H,3,9H2,1-2H3. The van der Waals surface area contributed by atoms with E-state index < -0.39 is 6.10 Å². The van der Waals surface area contributed by atoms with Crippen LogP contribution >= 0.6 is 0 Å². The fraction of sp³-hybridized carbons (Fsp3) is 0.385. The molecular weight excluding hydrogens is 214 g/mol. The summed E-state index contributed by atoms with van der Waals surface area (Å²) < 4.78 is 1.94. The first-order chi connectivity index (χ1) is 8.22. The normalized spacial score (nSPS) is 12.6. The smallest absolute Gasteiger partial charge is 0.0932 e. The first-order valence-electron chi connectivity index (χ1n) is 5.89. The Balaban J connectivity index is 2.38. The molecule has 0 fully saturated rings. The molecule has 4 nitrogen and oxygen atoms in total. The van der Waals surface area contributed by atoms with Crippen LogP contribution in [0.15, 0.2) is 30.5 Å². The average Bonchev–Trinajstić information content (AvgIpc) is 2.78. The maximum atomic E-state index is 9.53. The number of hydrogen-bond acceptors (Lipinski definition) is 3. The van der Waals surface area contributed by atoms with E-state index in [1.807, 2.05) is 28.9 Å². The summed E-state index contributed by atoms with van der Waals surface area (Å²) in [7, 11) is 0. The lowest BCUT2D eigenvalue weighted by Crippen LogP contribution is -2.03. The van der Waals surface area contributed by atoms with Gasteiger partial charge in [0.15, 0.2) is 0 Å². The van der Waals surface area contributed by atoms with E-state index >= 15 is 0 Å². The van der Waals surface area contributed by atoms with Crippen LogP contribution in [-0.2, 0) is 6.54 Å². The van der Waals surface area contributed by atoms with Gasteiger partial charge in [-0.15, -0.1) is 0 Å². The van der Waals surface area contributed by atoms with E-state index in [2.05, 4.69) is 17.0 Å². The van der Waals surface area contributed by atoms with Gasteiger partial charge in [0.2, 0.25) is 0 Å². The van der Waals surface area contributed by atoms with Gasteiger partial charge in [-0.1, -0.05) is 13.0 Å². The van der Waals surface area contributed by atoms with Crippen molar-refractivity contribution in [2.24, 2.45) is 0 Å². The number of hydrogen-bond donors (Lipinski definition) is 1. The molecule has 0 bridgehead atoms. The summed E-state index contributed by atoms with van der Waals surface area (Å²) in [4.78, 5) is 4.45. The van der Waals surface area contributed by atoms with Crippen molar-refractivity contribution in [3.8, 4) is 11.4 Å². The van der Waals surface area contributed by atoms with Crippen molar-refractivity contribution < 1.29 is 5.11 Å². The minimum absolute atomic E-state index is 0.544. The van der Waals surface area contributed by atoms with Crippen molar-refractivity contribution in [3.63, 3.8) is 0 Å². The molecule has 4 heteroatoms. The van der Waals surface area contributed by atoms with Gasteiger partial charge in [0.25, 0.3) is 0 Å². The molecule has 0 aromatic carbocycles. The summed E-state index contributed by atoms with van der Waals surface area (Å²) in [6, 6.07) is 7.63. The van der Waals surface area contributed by atoms with Crippen molar-refractivity contribution in [2.75, 3.05) is 0 Å². The first-order valence-corrected chi connectivity index (χ1v) is 5.89. The Morgan fingerprint density at radius 3 is 2.88 bits per heavy atom. The Labute approximate surface area is 101 Å². The molecule has 0 aliphatic rings. The number of aliphatic hydroxyl groups excluding tert-OH is 1. The molecule has 1 N–H and O–H groups in total. The Morgan fingerprint density at radius 1 is 1.35 bits per heavy atom. The summed E-state index contributed by atoms with van der Waals surface area (Å²) in [5, 5.41) is 13.8. The molecule has 2 aromatic heterocycles. The number of aliphatic hydroxyl groups is 1. The van der Waals surface area contributed by atoms with E-state index in [1.54, 1.807) is 13.1 Å². The topological polar surface area (TPSA) is 50.9 Å². The molecule has 0 radical (unpaired) electrons. The Bertz CT molecular complexity index is 491. The van der Waals surface area contributed by atoms with E-state index in [1.165, 1.54) is 0 Å². The highest BCUT2D eigenvalue weighted by atomic mass is 16.3. The molecule has 0 saturated carbocycles. The molecule has 2 rings (SSSR count). The number of nitrogens with zero attached hydrogens (tertiary/aromatic N) is 3. The monoisotopic (exact) mass is 231 g/mol. The fourth-order valence-electron chi connectivity index (χ4n) is 1.77. The van der Waals surface area contributed by atoms with Gasteiger partial charge in [-0.3, -0.25) is 4.68 Å². The van der Waals surface area contributed by atoms with Crippen LogP contribution < -0.4 is 0 Å². The van der Waals surface area contributed by atoms with E-state index in [4.69, 9.17) is 0 Å². The molecule has 0 amide bonds. The van der Waals surface area contributed by atoms with Gasteiger partial charge >= 0.3 is 0 Å². The molecule has 0 spiro atoms. The fourth-order valence-corrected chi connectivity index (χ4v) is 1.77. The number of aryl methyl sites for hydroxylation is 1. The summed E-state index contributed by atoms with van der Waals surface area (Å²) in [6.45, 7) is 4.71. The van der Waals surface area contributed by atoms with Gasteiger partial charge in [-0.05, 0) is 31.5 Å². The van der Waals surface area contributed by atoms with Gasteiger partial charge in [-0.2, -0.15) is 5.10 Å². The second-order valence-electron chi connectivity index (χ2n) is 4.06. The van der Waals surface area contributed by atoms with Crippen molar-refractivity contribution in [1.82, 2.24) is 14.8 Å². The van der Waals surface area contributed by atoms with E-state index in [9.17, 15) is 5.11 Å². The average molecular weight is 231 g/mol. The zero-order chi connectivity index (χ0) is 12.3. The van der Waals surface area contributed by atoms with Crippen LogP contribution in [0.2, 0.25) is 0 Å². The number of aromatic nitrogens is 3. The van der Waals surface area contributed by atoms with Gasteiger partial charge in [0, 0.05) is 12.7 Å². The zero-order valence-electron chi connectivity index (χ0n) is 10.2. The van der Waals surface area contributed by atoms with Crippen LogP contribution in [0.1, 0.15) is 32.1 Å². The van der Waals surface area contributed by atoms with Crippen molar-refractivity contribution >= 4 is 0 Å². The molecule has 1 atom stereocenters. The van der Waals surface area contributed by atoms with E-state index in [0.29, 0.717) is 5.69 Å². The molecule has 90 valence electrons. The maximum absolute atomic E-state index is 9.53. The van der Waals surface area contributed by atoms with Crippen LogP contribution in [0.4, 0.5) is 0 Å². The van der Waals surface area contributed by atoms with Crippen LogP contribution in [0.5, 0.6) is 0 Å². The van der Waals surface area contributed by atoms with Crippen molar-refractivity contribution in [3.05, 3.63) is 36.2 Å². The third-order valence-corrected chi connectivity index (χ3v) is 2.61. The molecule has 1 unspecified atom stereocenters. The second kappa shape index (κ2) is 5.10. The minimum Gasteiger partial charge on any atom is -0.387 e. The summed E-state index contributed by atoms with van der Waals surface area (Å²) in [5.41, 5.74) is 2.54. The van der Waals surface area contributed by atoms with Crippen LogP contribution in [0.3, 0.4) is 0 Å². The molecule has 2 aromatic rings. The lowest BCUT2D eigenvalue weighted by atomic mass is 10.2. The maximum Gasteiger partial charge on any atom is 0.0932 e. The lowest BCUT2D eigenvalue weighted by Gasteiger charge is -2.08. The molecular formula is C13H17N3O. The summed E-state index contributed by atoms with van der Waals surface area (Å²) in [6.07, 6.45) is 2.27. The molecule has 17 heavy (non-hydrogen) atoms. The van der Waals surface area contributed by atoms with Gasteiger partial charge < -0.3 is 5.11 Å². The SMILES string of the molecule is CCCn1nccc1-c1cccc(C(C)O)n1. The molecule has 0 aliphatic heterocycles. The number of rotatable bonds is 4. The van der Waals surface area contributed by atoms with E-state index in [0.717, 1.165) is 24.4 Å². The predicted octanol–water partition coefficient (Wildman–Crippen LogP) is 2.41. The highest BCUT2D eigenvalue weighted by Gasteiger charge is 2.08. The van der Waals surface area contributed by atoms with Crippen LogP contribution in [-0.4, -0.2) is 19.9 Å². The van der Waals surface area contributed by atoms with Gasteiger partial charge in [0.05, 0.1) is 23.2 Å². The third-order valence-electron chi connectivity index (χ3n) is 2.61. The van der Waals surface area contributed by atoms with Gasteiger partial charge in [-0.25, -0.2) is 4.98 Å². The Morgan fingerprint density at radius 2 is 2.18 bits per heavy atom. The van der Waals surface area contributed by atoms with E-state index in [-0.39, 0.29) is 0 Å². The second-order valence-corrected chi connectivity index (χ2v) is 4.06. The quantitative estimate of drug-likeness (QED) is 0.879. The largest absolute Gasteiger partial charge is 0.387 e. The third kappa shape index (κ3) is 2.53. The lowest BCUT2D eigenvalue weighted by molar-refractivity contribution is 0.194. The zero-order valence-corrected chi connectivity index (χ0v) is 10.2. The Hall–Kier alpha value is -1.68. The summed E-state index contributed by atoms with van der Waals surface area (Å²) in [5.74, 6) is 0. The molecule has 0 aliphatic carbocycles. The van der Waals surface area contributed by atoms with Crippen molar-refractivity contribution in [2.45, 2.75) is 32.9 Å². The highest BCUT2D eigenvalue weighted by Crippen LogP contribution is 2.19. The predicted molar refractivity (Wildman–Crippen MR) is 66.4 cm³/mol. The van der Waals surface area contributed by atoms with Crippen LogP contribution in [0.25, 0.3) is 11.4 Å². The Kier molecular flexibility index (Phi) is 3.54. The highest BCUT2D eigenvalue weighted by molar-refractivity contribution is 5.54. The number of pyridine rings is 1. The minimum atomic E-state index is -0.544. The molecule has 2 heterocycles. The van der Waals surface area contributed by atoms with Crippen molar-refractivity contribution in [1.29, 1.82) is 0 Å².